The van der Waals surface area contributed by atoms with E-state index in [0.29, 0.717) is 29.5 Å². The van der Waals surface area contributed by atoms with Crippen LogP contribution in [0.4, 0.5) is 4.39 Å². The van der Waals surface area contributed by atoms with Crippen LogP contribution < -0.4 is 4.74 Å². The summed E-state index contributed by atoms with van der Waals surface area (Å²) in [4.78, 5) is 19.2. The molecule has 0 amide bonds. The van der Waals surface area contributed by atoms with Gasteiger partial charge >= 0.3 is 5.97 Å². The van der Waals surface area contributed by atoms with Crippen LogP contribution in [0.1, 0.15) is 30.7 Å². The Balaban J connectivity index is 1.27. The Morgan fingerprint density at radius 3 is 2.47 bits per heavy atom. The van der Waals surface area contributed by atoms with Gasteiger partial charge in [0.05, 0.1) is 31.9 Å². The monoisotopic (exact) mass is 492 g/mol. The number of carbonyl (C=O) groups excluding carboxylic acids is 1. The molecule has 4 rings (SSSR count). The Morgan fingerprint density at radius 1 is 1.03 bits per heavy atom. The number of rotatable bonds is 10. The van der Waals surface area contributed by atoms with Crippen LogP contribution in [0.2, 0.25) is 0 Å². The molecule has 36 heavy (non-hydrogen) atoms. The van der Waals surface area contributed by atoms with Gasteiger partial charge in [-0.1, -0.05) is 44.2 Å². The molecular weight excluding hydrogens is 459 g/mol. The maximum Gasteiger partial charge on any atom is 0.312 e. The molecule has 0 unspecified atom stereocenters. The van der Waals surface area contributed by atoms with Crippen molar-refractivity contribution in [3.63, 3.8) is 0 Å². The molecule has 0 spiro atoms. The molecule has 0 atom stereocenters. The van der Waals surface area contributed by atoms with Gasteiger partial charge < -0.3 is 14.2 Å². The van der Waals surface area contributed by atoms with Gasteiger partial charge in [0.15, 0.2) is 0 Å². The molecule has 6 nitrogen and oxygen atoms in total. The molecule has 0 N–H and O–H groups in total. The minimum atomic E-state index is -0.423. The lowest BCUT2D eigenvalue weighted by Crippen LogP contribution is -2.35. The van der Waals surface area contributed by atoms with E-state index in [-0.39, 0.29) is 13.0 Å². The molecule has 1 saturated heterocycles. The average Bonchev–Trinajstić information content (AvgIpc) is 2.88. The number of benzene rings is 2. The second kappa shape index (κ2) is 12.6. The Morgan fingerprint density at radius 2 is 1.78 bits per heavy atom. The first kappa shape index (κ1) is 25.8. The van der Waals surface area contributed by atoms with Crippen molar-refractivity contribution in [1.82, 2.24) is 9.88 Å². The van der Waals surface area contributed by atoms with E-state index >= 15 is 0 Å². The van der Waals surface area contributed by atoms with Crippen molar-refractivity contribution in [1.29, 1.82) is 0 Å². The molecule has 2 heterocycles. The van der Waals surface area contributed by atoms with Gasteiger partial charge in [0.1, 0.15) is 18.2 Å². The highest BCUT2D eigenvalue weighted by Gasteiger charge is 2.12. The molecule has 1 aliphatic heterocycles. The number of ether oxygens (including phenoxy) is 3. The van der Waals surface area contributed by atoms with Crippen molar-refractivity contribution in [2.75, 3.05) is 32.9 Å². The van der Waals surface area contributed by atoms with Crippen LogP contribution in [0.3, 0.4) is 0 Å². The summed E-state index contributed by atoms with van der Waals surface area (Å²) in [5.74, 6) is -0.0837. The van der Waals surface area contributed by atoms with Gasteiger partial charge in [0.2, 0.25) is 0 Å². The topological polar surface area (TPSA) is 60.9 Å². The van der Waals surface area contributed by atoms with E-state index in [0.717, 1.165) is 44.0 Å². The third kappa shape index (κ3) is 7.86. The summed E-state index contributed by atoms with van der Waals surface area (Å²) in [6.45, 7) is 8.94. The Kier molecular flexibility index (Phi) is 9.03. The lowest BCUT2D eigenvalue weighted by molar-refractivity contribution is -0.144. The van der Waals surface area contributed by atoms with Gasteiger partial charge in [-0.3, -0.25) is 14.7 Å². The van der Waals surface area contributed by atoms with Gasteiger partial charge in [0.25, 0.3) is 0 Å². The third-order valence-corrected chi connectivity index (χ3v) is 5.86. The molecule has 0 aliphatic carbocycles. The number of halogens is 1. The fraction of sp³-hybridized carbons (Fsp3) is 0.379. The van der Waals surface area contributed by atoms with Crippen LogP contribution in [-0.4, -0.2) is 48.8 Å². The van der Waals surface area contributed by atoms with Gasteiger partial charge in [0, 0.05) is 37.5 Å². The number of pyridine rings is 1. The van der Waals surface area contributed by atoms with Crippen LogP contribution in [0.15, 0.2) is 60.8 Å². The second-order valence-corrected chi connectivity index (χ2v) is 9.46. The fourth-order valence-electron chi connectivity index (χ4n) is 3.93. The van der Waals surface area contributed by atoms with E-state index < -0.39 is 11.8 Å². The lowest BCUT2D eigenvalue weighted by Gasteiger charge is -2.26. The zero-order valence-corrected chi connectivity index (χ0v) is 20.9. The van der Waals surface area contributed by atoms with E-state index in [9.17, 15) is 9.18 Å². The Hall–Kier alpha value is -3.29. The number of aromatic nitrogens is 1. The second-order valence-electron chi connectivity index (χ2n) is 9.46. The summed E-state index contributed by atoms with van der Waals surface area (Å²) in [5.41, 5.74) is 4.49. The summed E-state index contributed by atoms with van der Waals surface area (Å²) < 4.78 is 30.2. The smallest absolute Gasteiger partial charge is 0.312 e. The molecule has 0 saturated carbocycles. The molecule has 1 fully saturated rings. The third-order valence-electron chi connectivity index (χ3n) is 5.86. The highest BCUT2D eigenvalue weighted by Crippen LogP contribution is 2.21. The normalized spacial score (nSPS) is 14.1. The van der Waals surface area contributed by atoms with Gasteiger partial charge in [-0.05, 0) is 40.8 Å². The van der Waals surface area contributed by atoms with Crippen LogP contribution in [0.25, 0.3) is 11.1 Å². The number of esters is 1. The average molecular weight is 493 g/mol. The van der Waals surface area contributed by atoms with Gasteiger partial charge in [-0.15, -0.1) is 0 Å². The van der Waals surface area contributed by atoms with Gasteiger partial charge in [-0.2, -0.15) is 0 Å². The maximum atomic E-state index is 13.9. The molecule has 1 aliphatic rings. The molecule has 7 heteroatoms. The van der Waals surface area contributed by atoms with Crippen LogP contribution in [0, 0.1) is 11.7 Å². The first-order valence-electron chi connectivity index (χ1n) is 12.4. The summed E-state index contributed by atoms with van der Waals surface area (Å²) in [5, 5.41) is 0. The van der Waals surface area contributed by atoms with E-state index in [1.165, 1.54) is 17.7 Å². The minimum Gasteiger partial charge on any atom is -0.493 e. The van der Waals surface area contributed by atoms with Crippen LogP contribution in [0.5, 0.6) is 5.75 Å². The fourth-order valence-corrected chi connectivity index (χ4v) is 3.93. The molecular formula is C29H33FN2O4. The van der Waals surface area contributed by atoms with E-state index in [4.69, 9.17) is 14.2 Å². The molecule has 0 bridgehead atoms. The minimum absolute atomic E-state index is 0.0243. The van der Waals surface area contributed by atoms with Crippen LogP contribution >= 0.6 is 0 Å². The molecule has 3 aromatic rings. The van der Waals surface area contributed by atoms with Crippen molar-refractivity contribution >= 4 is 5.97 Å². The molecule has 190 valence electrons. The molecule has 1 aromatic heterocycles. The van der Waals surface area contributed by atoms with Crippen LogP contribution in [-0.2, 0) is 33.8 Å². The summed E-state index contributed by atoms with van der Waals surface area (Å²) in [7, 11) is 0. The van der Waals surface area contributed by atoms with E-state index in [1.54, 1.807) is 12.3 Å². The first-order chi connectivity index (χ1) is 17.4. The number of hydrogen-bond donors (Lipinski definition) is 0. The van der Waals surface area contributed by atoms with Gasteiger partial charge in [-0.25, -0.2) is 4.39 Å². The summed E-state index contributed by atoms with van der Waals surface area (Å²) >= 11 is 0. The quantitative estimate of drug-likeness (QED) is 0.370. The Labute approximate surface area is 212 Å². The van der Waals surface area contributed by atoms with E-state index in [1.807, 2.05) is 26.0 Å². The summed E-state index contributed by atoms with van der Waals surface area (Å²) in [6.07, 6.45) is 1.81. The zero-order valence-electron chi connectivity index (χ0n) is 20.9. The standard InChI is InChI=1S/C29H33FN2O4/c1-21(2)19-35-28-14-23(13-26(30)15-28)20-36-29(33)16-27-8-7-25(17-31-27)24-5-3-22(4-6-24)18-32-9-11-34-12-10-32/h3-8,13-15,17,21H,9-12,16,18-20H2,1-2H3. The maximum absolute atomic E-state index is 13.9. The van der Waals surface area contributed by atoms with Crippen molar-refractivity contribution < 1.29 is 23.4 Å². The zero-order chi connectivity index (χ0) is 25.3. The SMILES string of the molecule is CC(C)COc1cc(F)cc(COC(=O)Cc2ccc(-c3ccc(CN4CCOCC4)cc3)cn2)c1. The number of carbonyl (C=O) groups is 1. The lowest BCUT2D eigenvalue weighted by atomic mass is 10.0. The number of hydrogen-bond acceptors (Lipinski definition) is 6. The predicted molar refractivity (Wildman–Crippen MR) is 136 cm³/mol. The van der Waals surface area contributed by atoms with Crippen molar-refractivity contribution in [3.8, 4) is 16.9 Å². The van der Waals surface area contributed by atoms with Crippen molar-refractivity contribution in [2.24, 2.45) is 5.92 Å². The number of nitrogens with zero attached hydrogens (tertiary/aromatic N) is 2. The molecule has 2 aromatic carbocycles. The first-order valence-corrected chi connectivity index (χ1v) is 12.4. The summed E-state index contributed by atoms with van der Waals surface area (Å²) in [6, 6.07) is 16.6. The predicted octanol–water partition coefficient (Wildman–Crippen LogP) is 5.04. The van der Waals surface area contributed by atoms with Crippen molar-refractivity contribution in [2.45, 2.75) is 33.4 Å². The molecule has 0 radical (unpaired) electrons. The number of morpholine rings is 1. The Bertz CT molecular complexity index is 1130. The van der Waals surface area contributed by atoms with Crippen molar-refractivity contribution in [3.05, 3.63) is 83.4 Å². The largest absolute Gasteiger partial charge is 0.493 e. The van der Waals surface area contributed by atoms with E-state index in [2.05, 4.69) is 34.1 Å². The highest BCUT2D eigenvalue weighted by atomic mass is 19.1. The highest BCUT2D eigenvalue weighted by molar-refractivity contribution is 5.72.